The molecule has 0 bridgehead atoms. The lowest BCUT2D eigenvalue weighted by atomic mass is 9.85. The highest BCUT2D eigenvalue weighted by atomic mass is 32.2. The highest BCUT2D eigenvalue weighted by Gasteiger charge is 2.26. The van der Waals surface area contributed by atoms with Crippen LogP contribution in [0.1, 0.15) is 31.7 Å². The molecular formula is C19H23NOS. The van der Waals surface area contributed by atoms with Crippen molar-refractivity contribution in [3.63, 3.8) is 0 Å². The fourth-order valence-corrected chi connectivity index (χ4v) is 3.15. The summed E-state index contributed by atoms with van der Waals surface area (Å²) in [5, 5.41) is 3.12. The van der Waals surface area contributed by atoms with Crippen molar-refractivity contribution in [2.24, 2.45) is 5.92 Å². The first kappa shape index (κ1) is 16.6. The highest BCUT2D eigenvalue weighted by Crippen LogP contribution is 2.30. The van der Waals surface area contributed by atoms with Crippen LogP contribution in [0.5, 0.6) is 0 Å². The second kappa shape index (κ2) is 8.04. The molecule has 2 unspecified atom stereocenters. The minimum absolute atomic E-state index is 0.0713. The third-order valence-corrected chi connectivity index (χ3v) is 4.81. The van der Waals surface area contributed by atoms with Crippen LogP contribution in [0.2, 0.25) is 0 Å². The van der Waals surface area contributed by atoms with Crippen molar-refractivity contribution in [3.8, 4) is 0 Å². The van der Waals surface area contributed by atoms with E-state index in [0.29, 0.717) is 5.92 Å². The summed E-state index contributed by atoms with van der Waals surface area (Å²) in [4.78, 5) is 14.0. The molecule has 0 spiro atoms. The van der Waals surface area contributed by atoms with Crippen LogP contribution in [0.25, 0.3) is 0 Å². The Hall–Kier alpha value is -1.74. The molecule has 0 aliphatic carbocycles. The molecule has 0 saturated carbocycles. The molecule has 0 fully saturated rings. The lowest BCUT2D eigenvalue weighted by molar-refractivity contribution is -0.118. The molecule has 2 rings (SSSR count). The summed E-state index contributed by atoms with van der Waals surface area (Å²) in [5.74, 6) is 0.243. The number of para-hydroxylation sites is 1. The predicted octanol–water partition coefficient (Wildman–Crippen LogP) is 5.18. The average Bonchev–Trinajstić information content (AvgIpc) is 2.56. The summed E-state index contributed by atoms with van der Waals surface area (Å²) < 4.78 is 0. The van der Waals surface area contributed by atoms with Crippen molar-refractivity contribution in [1.82, 2.24) is 0 Å². The molecule has 3 heteroatoms. The maximum atomic E-state index is 12.9. The van der Waals surface area contributed by atoms with Gasteiger partial charge in [-0.15, -0.1) is 11.8 Å². The molecular weight excluding hydrogens is 290 g/mol. The van der Waals surface area contributed by atoms with Gasteiger partial charge in [0.25, 0.3) is 0 Å². The number of anilines is 1. The third-order valence-electron chi connectivity index (χ3n) is 4.02. The van der Waals surface area contributed by atoms with E-state index in [1.807, 2.05) is 60.9 Å². The molecule has 0 aromatic heterocycles. The Morgan fingerprint density at radius 1 is 1.09 bits per heavy atom. The van der Waals surface area contributed by atoms with Gasteiger partial charge in [0.2, 0.25) is 5.91 Å². The summed E-state index contributed by atoms with van der Waals surface area (Å²) in [6.07, 6.45) is 2.99. The number of thioether (sulfide) groups is 1. The SMILES string of the molecule is CCC(C)C(C(=O)Nc1ccccc1SC)c1ccccc1. The number of hydrogen-bond donors (Lipinski definition) is 1. The number of benzene rings is 2. The van der Waals surface area contributed by atoms with Crippen LogP contribution >= 0.6 is 11.8 Å². The second-order valence-electron chi connectivity index (χ2n) is 5.46. The molecule has 0 aliphatic heterocycles. The summed E-state index contributed by atoms with van der Waals surface area (Å²) in [5.41, 5.74) is 1.97. The van der Waals surface area contributed by atoms with E-state index in [9.17, 15) is 4.79 Å². The van der Waals surface area contributed by atoms with Crippen molar-refractivity contribution in [1.29, 1.82) is 0 Å². The highest BCUT2D eigenvalue weighted by molar-refractivity contribution is 7.98. The van der Waals surface area contributed by atoms with Crippen LogP contribution in [0.4, 0.5) is 5.69 Å². The Morgan fingerprint density at radius 2 is 1.73 bits per heavy atom. The zero-order valence-electron chi connectivity index (χ0n) is 13.4. The molecule has 1 N–H and O–H groups in total. The van der Waals surface area contributed by atoms with Crippen molar-refractivity contribution in [2.45, 2.75) is 31.1 Å². The van der Waals surface area contributed by atoms with Crippen LogP contribution in [-0.4, -0.2) is 12.2 Å². The van der Waals surface area contributed by atoms with Gasteiger partial charge in [-0.2, -0.15) is 0 Å². The zero-order valence-corrected chi connectivity index (χ0v) is 14.2. The normalized spacial score (nSPS) is 13.4. The quantitative estimate of drug-likeness (QED) is 0.745. The van der Waals surface area contributed by atoms with Crippen LogP contribution < -0.4 is 5.32 Å². The van der Waals surface area contributed by atoms with E-state index >= 15 is 0 Å². The lowest BCUT2D eigenvalue weighted by Gasteiger charge is -2.23. The Morgan fingerprint density at radius 3 is 2.36 bits per heavy atom. The molecule has 2 atom stereocenters. The lowest BCUT2D eigenvalue weighted by Crippen LogP contribution is -2.26. The van der Waals surface area contributed by atoms with Crippen molar-refractivity contribution < 1.29 is 4.79 Å². The van der Waals surface area contributed by atoms with Gasteiger partial charge in [-0.05, 0) is 29.9 Å². The Kier molecular flexibility index (Phi) is 6.08. The van der Waals surface area contributed by atoms with E-state index in [2.05, 4.69) is 19.2 Å². The van der Waals surface area contributed by atoms with E-state index in [1.54, 1.807) is 11.8 Å². The number of nitrogens with one attached hydrogen (secondary N) is 1. The van der Waals surface area contributed by atoms with Crippen LogP contribution in [0, 0.1) is 5.92 Å². The van der Waals surface area contributed by atoms with Gasteiger partial charge in [0, 0.05) is 4.90 Å². The summed E-state index contributed by atoms with van der Waals surface area (Å²) >= 11 is 1.64. The van der Waals surface area contributed by atoms with Crippen molar-refractivity contribution in [3.05, 3.63) is 60.2 Å². The minimum Gasteiger partial charge on any atom is -0.325 e. The van der Waals surface area contributed by atoms with Gasteiger partial charge < -0.3 is 5.32 Å². The van der Waals surface area contributed by atoms with Crippen LogP contribution in [-0.2, 0) is 4.79 Å². The summed E-state index contributed by atoms with van der Waals surface area (Å²) in [7, 11) is 0. The summed E-state index contributed by atoms with van der Waals surface area (Å²) in [6, 6.07) is 18.0. The molecule has 0 heterocycles. The van der Waals surface area contributed by atoms with Gasteiger partial charge in [0.05, 0.1) is 11.6 Å². The maximum absolute atomic E-state index is 12.9. The van der Waals surface area contributed by atoms with Gasteiger partial charge in [0.1, 0.15) is 0 Å². The molecule has 2 nitrogen and oxygen atoms in total. The van der Waals surface area contributed by atoms with Gasteiger partial charge in [0.15, 0.2) is 0 Å². The van der Waals surface area contributed by atoms with Crippen LogP contribution in [0.15, 0.2) is 59.5 Å². The van der Waals surface area contributed by atoms with E-state index in [4.69, 9.17) is 0 Å². The number of rotatable bonds is 6. The molecule has 0 aliphatic rings. The van der Waals surface area contributed by atoms with Crippen molar-refractivity contribution >= 4 is 23.4 Å². The predicted molar refractivity (Wildman–Crippen MR) is 95.5 cm³/mol. The van der Waals surface area contributed by atoms with Crippen molar-refractivity contribution in [2.75, 3.05) is 11.6 Å². The van der Waals surface area contributed by atoms with E-state index < -0.39 is 0 Å². The Balaban J connectivity index is 2.26. The number of carbonyl (C=O) groups is 1. The zero-order chi connectivity index (χ0) is 15.9. The molecule has 0 saturated heterocycles. The van der Waals surface area contributed by atoms with Gasteiger partial charge >= 0.3 is 0 Å². The molecule has 116 valence electrons. The van der Waals surface area contributed by atoms with Gasteiger partial charge in [-0.25, -0.2) is 0 Å². The van der Waals surface area contributed by atoms with E-state index in [-0.39, 0.29) is 11.8 Å². The van der Waals surface area contributed by atoms with Gasteiger partial charge in [-0.1, -0.05) is 62.7 Å². The maximum Gasteiger partial charge on any atom is 0.232 e. The van der Waals surface area contributed by atoms with Crippen LogP contribution in [0.3, 0.4) is 0 Å². The first-order chi connectivity index (χ1) is 10.7. The Labute approximate surface area is 137 Å². The number of carbonyl (C=O) groups excluding carboxylic acids is 1. The molecule has 22 heavy (non-hydrogen) atoms. The first-order valence-corrected chi connectivity index (χ1v) is 8.88. The standard InChI is InChI=1S/C19H23NOS/c1-4-14(2)18(15-10-6-5-7-11-15)19(21)20-16-12-8-9-13-17(16)22-3/h5-14,18H,4H2,1-3H3,(H,20,21). The first-order valence-electron chi connectivity index (χ1n) is 7.66. The van der Waals surface area contributed by atoms with E-state index in [0.717, 1.165) is 22.6 Å². The molecule has 2 aromatic carbocycles. The molecule has 2 aromatic rings. The average molecular weight is 313 g/mol. The van der Waals surface area contributed by atoms with Gasteiger partial charge in [-0.3, -0.25) is 4.79 Å². The number of hydrogen-bond acceptors (Lipinski definition) is 2. The Bertz CT molecular complexity index is 612. The fourth-order valence-electron chi connectivity index (χ4n) is 2.59. The minimum atomic E-state index is -0.124. The number of amides is 1. The fraction of sp³-hybridized carbons (Fsp3) is 0.316. The molecule has 1 amide bonds. The topological polar surface area (TPSA) is 29.1 Å². The molecule has 0 radical (unpaired) electrons. The largest absolute Gasteiger partial charge is 0.325 e. The summed E-state index contributed by atoms with van der Waals surface area (Å²) in [6.45, 7) is 4.27. The second-order valence-corrected chi connectivity index (χ2v) is 6.31. The van der Waals surface area contributed by atoms with E-state index in [1.165, 1.54) is 0 Å². The third kappa shape index (κ3) is 3.92. The smallest absolute Gasteiger partial charge is 0.232 e. The monoisotopic (exact) mass is 313 g/mol.